The summed E-state index contributed by atoms with van der Waals surface area (Å²) in [4.78, 5) is 3.62. The first-order chi connectivity index (χ1) is 4.18. The van der Waals surface area contributed by atoms with Crippen molar-refractivity contribution in [3.05, 3.63) is 0 Å². The molecule has 0 amide bonds. The molecule has 4 nitrogen and oxygen atoms in total. The van der Waals surface area contributed by atoms with Crippen LogP contribution in [0.3, 0.4) is 0 Å². The molecule has 4 N–H and O–H groups in total. The van der Waals surface area contributed by atoms with Gasteiger partial charge in [-0.05, 0) is 0 Å². The van der Waals surface area contributed by atoms with Gasteiger partial charge in [0.05, 0.1) is 11.9 Å². The highest BCUT2D eigenvalue weighted by atomic mass is 16.3. The first-order valence-corrected chi connectivity index (χ1v) is 2.87. The number of hydrogen-bond donors (Lipinski definition) is 3. The number of aliphatic imine (C=N–C) groups is 1. The highest BCUT2D eigenvalue weighted by molar-refractivity contribution is 5.81. The lowest BCUT2D eigenvalue weighted by Gasteiger charge is -2.18. The molecule has 0 aromatic carbocycles. The summed E-state index contributed by atoms with van der Waals surface area (Å²) in [5.74, 6) is 0.334. The molecule has 0 aromatic rings. The lowest BCUT2D eigenvalue weighted by atomic mass is 10.1. The summed E-state index contributed by atoms with van der Waals surface area (Å²) in [6.45, 7) is 0. The first-order valence-electron chi connectivity index (χ1n) is 2.87. The van der Waals surface area contributed by atoms with Crippen molar-refractivity contribution >= 4 is 5.84 Å². The highest BCUT2D eigenvalue weighted by Crippen LogP contribution is 2.09. The van der Waals surface area contributed by atoms with Crippen molar-refractivity contribution in [2.75, 3.05) is 0 Å². The third kappa shape index (κ3) is 1.65. The van der Waals surface area contributed by atoms with Gasteiger partial charge in [0, 0.05) is 12.8 Å². The molecule has 1 heterocycles. The summed E-state index contributed by atoms with van der Waals surface area (Å²) in [5.41, 5.74) is 5.25. The molecule has 0 saturated carbocycles. The van der Waals surface area contributed by atoms with Crippen molar-refractivity contribution in [3.8, 4) is 0 Å². The van der Waals surface area contributed by atoms with Gasteiger partial charge < -0.3 is 15.9 Å². The maximum absolute atomic E-state index is 8.93. The third-order valence-electron chi connectivity index (χ3n) is 1.24. The van der Waals surface area contributed by atoms with E-state index in [1.54, 1.807) is 0 Å². The van der Waals surface area contributed by atoms with Gasteiger partial charge in [0.2, 0.25) is 0 Å². The largest absolute Gasteiger partial charge is 0.392 e. The van der Waals surface area contributed by atoms with Gasteiger partial charge in [0.25, 0.3) is 0 Å². The van der Waals surface area contributed by atoms with E-state index in [2.05, 4.69) is 4.99 Å². The van der Waals surface area contributed by atoms with Gasteiger partial charge in [-0.2, -0.15) is 0 Å². The Kier molecular flexibility index (Phi) is 1.68. The van der Waals surface area contributed by atoms with E-state index >= 15 is 0 Å². The average molecular weight is 130 g/mol. The SMILES string of the molecule is NC1=NC(O)CC(O)C1. The summed E-state index contributed by atoms with van der Waals surface area (Å²) in [5, 5.41) is 17.8. The second kappa shape index (κ2) is 2.33. The molecular weight excluding hydrogens is 120 g/mol. The van der Waals surface area contributed by atoms with Crippen molar-refractivity contribution in [2.24, 2.45) is 10.7 Å². The summed E-state index contributed by atoms with van der Waals surface area (Å²) in [7, 11) is 0. The molecule has 0 radical (unpaired) electrons. The van der Waals surface area contributed by atoms with E-state index in [4.69, 9.17) is 15.9 Å². The molecule has 0 aliphatic carbocycles. The van der Waals surface area contributed by atoms with Gasteiger partial charge in [0.15, 0.2) is 0 Å². The molecule has 1 aliphatic heterocycles. The van der Waals surface area contributed by atoms with Crippen LogP contribution in [0.2, 0.25) is 0 Å². The number of rotatable bonds is 0. The number of aliphatic hydroxyl groups is 2. The minimum atomic E-state index is -0.797. The quantitative estimate of drug-likeness (QED) is 0.386. The molecule has 52 valence electrons. The number of hydrogen-bond acceptors (Lipinski definition) is 4. The van der Waals surface area contributed by atoms with Gasteiger partial charge in [0.1, 0.15) is 6.23 Å². The van der Waals surface area contributed by atoms with Crippen LogP contribution in [0, 0.1) is 0 Å². The zero-order valence-corrected chi connectivity index (χ0v) is 4.99. The Morgan fingerprint density at radius 3 is 2.67 bits per heavy atom. The Balaban J connectivity index is 2.56. The molecule has 0 spiro atoms. The van der Waals surface area contributed by atoms with E-state index < -0.39 is 12.3 Å². The highest BCUT2D eigenvalue weighted by Gasteiger charge is 2.17. The number of amidine groups is 1. The van der Waals surface area contributed by atoms with Gasteiger partial charge in [-0.3, -0.25) is 0 Å². The molecular formula is C5H10N2O2. The minimum Gasteiger partial charge on any atom is -0.392 e. The van der Waals surface area contributed by atoms with E-state index in [0.717, 1.165) is 0 Å². The minimum absolute atomic E-state index is 0.306. The van der Waals surface area contributed by atoms with Crippen LogP contribution in [-0.2, 0) is 0 Å². The smallest absolute Gasteiger partial charge is 0.149 e. The van der Waals surface area contributed by atoms with E-state index in [1.807, 2.05) is 0 Å². The molecule has 0 aromatic heterocycles. The molecule has 9 heavy (non-hydrogen) atoms. The monoisotopic (exact) mass is 130 g/mol. The van der Waals surface area contributed by atoms with Crippen molar-refractivity contribution in [1.29, 1.82) is 0 Å². The summed E-state index contributed by atoms with van der Waals surface area (Å²) in [6.07, 6.45) is -0.621. The Hall–Kier alpha value is -0.610. The van der Waals surface area contributed by atoms with Gasteiger partial charge >= 0.3 is 0 Å². The van der Waals surface area contributed by atoms with Crippen LogP contribution < -0.4 is 5.73 Å². The number of nitrogens with two attached hydrogens (primary N) is 1. The summed E-state index contributed by atoms with van der Waals surface area (Å²) in [6, 6.07) is 0. The Morgan fingerprint density at radius 2 is 2.22 bits per heavy atom. The van der Waals surface area contributed by atoms with Crippen LogP contribution in [0.15, 0.2) is 4.99 Å². The number of aliphatic hydroxyl groups excluding tert-OH is 2. The van der Waals surface area contributed by atoms with Crippen molar-refractivity contribution in [2.45, 2.75) is 25.2 Å². The van der Waals surface area contributed by atoms with E-state index in [0.29, 0.717) is 18.7 Å². The van der Waals surface area contributed by atoms with Crippen LogP contribution in [-0.4, -0.2) is 28.4 Å². The predicted molar refractivity (Wildman–Crippen MR) is 32.9 cm³/mol. The predicted octanol–water partition coefficient (Wildman–Crippen LogP) is -1.18. The Morgan fingerprint density at radius 1 is 1.56 bits per heavy atom. The van der Waals surface area contributed by atoms with Crippen LogP contribution in [0.25, 0.3) is 0 Å². The van der Waals surface area contributed by atoms with Crippen molar-refractivity contribution < 1.29 is 10.2 Å². The van der Waals surface area contributed by atoms with Crippen LogP contribution >= 0.6 is 0 Å². The van der Waals surface area contributed by atoms with E-state index in [9.17, 15) is 0 Å². The van der Waals surface area contributed by atoms with E-state index in [-0.39, 0.29) is 0 Å². The topological polar surface area (TPSA) is 78.8 Å². The number of nitrogens with zero attached hydrogens (tertiary/aromatic N) is 1. The van der Waals surface area contributed by atoms with Gasteiger partial charge in [-0.1, -0.05) is 0 Å². The first kappa shape index (κ1) is 6.51. The van der Waals surface area contributed by atoms with Crippen molar-refractivity contribution in [3.63, 3.8) is 0 Å². The summed E-state index contributed by atoms with van der Waals surface area (Å²) < 4.78 is 0. The van der Waals surface area contributed by atoms with Crippen LogP contribution in [0.4, 0.5) is 0 Å². The molecule has 4 heteroatoms. The fourth-order valence-corrected chi connectivity index (χ4v) is 0.865. The maximum Gasteiger partial charge on any atom is 0.149 e. The normalized spacial score (nSPS) is 36.0. The lowest BCUT2D eigenvalue weighted by Crippen LogP contribution is -2.30. The van der Waals surface area contributed by atoms with Gasteiger partial charge in [-0.25, -0.2) is 4.99 Å². The molecule has 2 atom stereocenters. The Bertz CT molecular complexity index is 135. The fourth-order valence-electron chi connectivity index (χ4n) is 0.865. The molecule has 2 unspecified atom stereocenters. The molecule has 1 rings (SSSR count). The van der Waals surface area contributed by atoms with Crippen molar-refractivity contribution in [1.82, 2.24) is 0 Å². The zero-order valence-electron chi connectivity index (χ0n) is 4.99. The summed E-state index contributed by atoms with van der Waals surface area (Å²) >= 11 is 0. The molecule has 0 bridgehead atoms. The Labute approximate surface area is 53.0 Å². The zero-order chi connectivity index (χ0) is 6.85. The standard InChI is InChI=1S/C5H10N2O2/c6-4-1-3(8)2-5(9)7-4/h3,5,8-9H,1-2H2,(H2,6,7). The van der Waals surface area contributed by atoms with Gasteiger partial charge in [-0.15, -0.1) is 0 Å². The average Bonchev–Trinajstić information content (AvgIpc) is 1.59. The second-order valence-electron chi connectivity index (χ2n) is 2.19. The van der Waals surface area contributed by atoms with Crippen LogP contribution in [0.5, 0.6) is 0 Å². The van der Waals surface area contributed by atoms with Crippen LogP contribution in [0.1, 0.15) is 12.8 Å². The molecule has 1 aliphatic rings. The maximum atomic E-state index is 8.93. The molecule has 0 fully saturated rings. The molecule has 0 saturated heterocycles. The second-order valence-corrected chi connectivity index (χ2v) is 2.19. The fraction of sp³-hybridized carbons (Fsp3) is 0.800. The lowest BCUT2D eigenvalue weighted by molar-refractivity contribution is 0.0801. The van der Waals surface area contributed by atoms with E-state index in [1.165, 1.54) is 0 Å². The third-order valence-corrected chi connectivity index (χ3v) is 1.24.